The van der Waals surface area contributed by atoms with E-state index < -0.39 is 0 Å². The molecule has 0 radical (unpaired) electrons. The van der Waals surface area contributed by atoms with Gasteiger partial charge in [-0.25, -0.2) is 4.79 Å². The van der Waals surface area contributed by atoms with Crippen molar-refractivity contribution in [1.29, 1.82) is 0 Å². The largest absolute Gasteiger partial charge is 0.415 e. The number of benzene rings is 2. The highest BCUT2D eigenvalue weighted by atomic mass is 16.6. The fraction of sp³-hybridized carbons (Fsp3) is 0.238. The van der Waals surface area contributed by atoms with E-state index in [4.69, 9.17) is 9.47 Å². The molecule has 1 amide bonds. The Bertz CT molecular complexity index is 805. The van der Waals surface area contributed by atoms with Crippen molar-refractivity contribution >= 4 is 18.0 Å². The molecule has 3 rings (SSSR count). The van der Waals surface area contributed by atoms with E-state index in [1.165, 1.54) is 6.08 Å². The highest BCUT2D eigenvalue weighted by molar-refractivity contribution is 6.06. The Balaban J connectivity index is 1.64. The third kappa shape index (κ3) is 4.80. The number of carbonyl (C=O) groups excluding carboxylic acids is 2. The van der Waals surface area contributed by atoms with E-state index in [1.807, 2.05) is 37.3 Å². The molecule has 0 aromatic heterocycles. The summed E-state index contributed by atoms with van der Waals surface area (Å²) < 4.78 is 10.6. The average Bonchev–Trinajstić information content (AvgIpc) is 2.67. The molecule has 1 aliphatic heterocycles. The van der Waals surface area contributed by atoms with E-state index in [1.54, 1.807) is 29.2 Å². The van der Waals surface area contributed by atoms with Crippen LogP contribution >= 0.6 is 0 Å². The highest BCUT2D eigenvalue weighted by Crippen LogP contribution is 2.16. The number of aryl methyl sites for hydroxylation is 1. The van der Waals surface area contributed by atoms with E-state index in [9.17, 15) is 9.59 Å². The van der Waals surface area contributed by atoms with Gasteiger partial charge in [-0.3, -0.25) is 4.79 Å². The molecule has 5 heteroatoms. The quantitative estimate of drug-likeness (QED) is 0.622. The lowest BCUT2D eigenvalue weighted by atomic mass is 10.1. The van der Waals surface area contributed by atoms with Crippen LogP contribution < -0.4 is 4.74 Å². The van der Waals surface area contributed by atoms with Gasteiger partial charge in [-0.1, -0.05) is 48.0 Å². The zero-order valence-corrected chi connectivity index (χ0v) is 14.7. The van der Waals surface area contributed by atoms with Crippen molar-refractivity contribution in [2.75, 3.05) is 26.3 Å². The minimum Gasteiger partial charge on any atom is -0.410 e. The van der Waals surface area contributed by atoms with Crippen LogP contribution in [0.1, 0.15) is 21.5 Å². The van der Waals surface area contributed by atoms with Gasteiger partial charge in [0, 0.05) is 18.7 Å². The van der Waals surface area contributed by atoms with Crippen LogP contribution in [0.2, 0.25) is 0 Å². The van der Waals surface area contributed by atoms with Crippen molar-refractivity contribution in [2.45, 2.75) is 6.92 Å². The number of ketones is 1. The highest BCUT2D eigenvalue weighted by Gasteiger charge is 2.18. The van der Waals surface area contributed by atoms with E-state index in [2.05, 4.69) is 0 Å². The molecule has 134 valence electrons. The Kier molecular flexibility index (Phi) is 5.81. The average molecular weight is 351 g/mol. The molecule has 0 bridgehead atoms. The van der Waals surface area contributed by atoms with Crippen molar-refractivity contribution in [3.05, 3.63) is 71.3 Å². The first-order chi connectivity index (χ1) is 12.6. The van der Waals surface area contributed by atoms with Gasteiger partial charge < -0.3 is 14.4 Å². The first-order valence-electron chi connectivity index (χ1n) is 8.55. The molecule has 1 fully saturated rings. The topological polar surface area (TPSA) is 55.8 Å². The molecule has 0 saturated carbocycles. The summed E-state index contributed by atoms with van der Waals surface area (Å²) in [5.41, 5.74) is 2.54. The Morgan fingerprint density at radius 1 is 1.08 bits per heavy atom. The van der Waals surface area contributed by atoms with Crippen LogP contribution in [0.15, 0.2) is 54.6 Å². The molecule has 5 nitrogen and oxygen atoms in total. The van der Waals surface area contributed by atoms with Crippen LogP contribution in [-0.4, -0.2) is 43.1 Å². The summed E-state index contributed by atoms with van der Waals surface area (Å²) in [5, 5.41) is 0. The smallest absolute Gasteiger partial charge is 0.410 e. The lowest BCUT2D eigenvalue weighted by Crippen LogP contribution is -2.42. The van der Waals surface area contributed by atoms with Gasteiger partial charge >= 0.3 is 6.09 Å². The Morgan fingerprint density at radius 2 is 1.81 bits per heavy atom. The molecule has 0 spiro atoms. The van der Waals surface area contributed by atoms with Crippen LogP contribution in [0.5, 0.6) is 5.75 Å². The minimum atomic E-state index is -0.384. The normalized spacial score (nSPS) is 14.4. The van der Waals surface area contributed by atoms with Crippen LogP contribution in [-0.2, 0) is 4.74 Å². The number of carbonyl (C=O) groups is 2. The summed E-state index contributed by atoms with van der Waals surface area (Å²) in [6, 6.07) is 14.5. The number of morpholine rings is 1. The molecule has 0 atom stereocenters. The standard InChI is InChI=1S/C21H21NO4/c1-16-5-8-18(9-6-16)20(23)10-7-17-3-2-4-19(15-17)26-21(24)22-11-13-25-14-12-22/h2-10,15H,11-14H2,1H3/b10-7+. The molecule has 1 aliphatic rings. The van der Waals surface area contributed by atoms with Gasteiger partial charge in [-0.05, 0) is 30.7 Å². The Labute approximate surface area is 152 Å². The summed E-state index contributed by atoms with van der Waals surface area (Å²) >= 11 is 0. The SMILES string of the molecule is Cc1ccc(C(=O)/C=C/c2cccc(OC(=O)N3CCOCC3)c2)cc1. The molecule has 0 unspecified atom stereocenters. The second-order valence-electron chi connectivity index (χ2n) is 6.10. The maximum atomic E-state index is 12.2. The van der Waals surface area contributed by atoms with Gasteiger partial charge in [-0.15, -0.1) is 0 Å². The molecule has 0 N–H and O–H groups in total. The van der Waals surface area contributed by atoms with Gasteiger partial charge in [0.1, 0.15) is 5.75 Å². The monoisotopic (exact) mass is 351 g/mol. The molecule has 1 heterocycles. The van der Waals surface area contributed by atoms with Crippen LogP contribution in [0.3, 0.4) is 0 Å². The number of allylic oxidation sites excluding steroid dienone is 1. The molecule has 1 saturated heterocycles. The summed E-state index contributed by atoms with van der Waals surface area (Å²) in [6.07, 6.45) is 2.85. The Hall–Kier alpha value is -2.92. The van der Waals surface area contributed by atoms with Crippen molar-refractivity contribution < 1.29 is 19.1 Å². The minimum absolute atomic E-state index is 0.0688. The number of nitrogens with zero attached hydrogens (tertiary/aromatic N) is 1. The number of rotatable bonds is 4. The number of hydrogen-bond donors (Lipinski definition) is 0. The van der Waals surface area contributed by atoms with Crippen molar-refractivity contribution in [1.82, 2.24) is 4.90 Å². The second kappa shape index (κ2) is 8.45. The summed E-state index contributed by atoms with van der Waals surface area (Å²) in [7, 11) is 0. The lowest BCUT2D eigenvalue weighted by Gasteiger charge is -2.25. The van der Waals surface area contributed by atoms with Crippen molar-refractivity contribution in [3.8, 4) is 5.75 Å². The fourth-order valence-corrected chi connectivity index (χ4v) is 2.58. The predicted octanol–water partition coefficient (Wildman–Crippen LogP) is 3.72. The first kappa shape index (κ1) is 17.9. The van der Waals surface area contributed by atoms with Gasteiger partial charge in [0.2, 0.25) is 0 Å². The Morgan fingerprint density at radius 3 is 2.54 bits per heavy atom. The third-order valence-electron chi connectivity index (χ3n) is 4.10. The maximum absolute atomic E-state index is 12.2. The van der Waals surface area contributed by atoms with Gasteiger partial charge in [-0.2, -0.15) is 0 Å². The summed E-state index contributed by atoms with van der Waals surface area (Å²) in [5.74, 6) is 0.382. The molecular weight excluding hydrogens is 330 g/mol. The van der Waals surface area contributed by atoms with Crippen molar-refractivity contribution in [2.24, 2.45) is 0 Å². The summed E-state index contributed by atoms with van der Waals surface area (Å²) in [4.78, 5) is 26.0. The number of ether oxygens (including phenoxy) is 2. The van der Waals surface area contributed by atoms with E-state index in [0.717, 1.165) is 11.1 Å². The van der Waals surface area contributed by atoms with Gasteiger partial charge in [0.25, 0.3) is 0 Å². The fourth-order valence-electron chi connectivity index (χ4n) is 2.58. The predicted molar refractivity (Wildman–Crippen MR) is 99.4 cm³/mol. The van der Waals surface area contributed by atoms with E-state index >= 15 is 0 Å². The van der Waals surface area contributed by atoms with Crippen LogP contribution in [0, 0.1) is 6.92 Å². The van der Waals surface area contributed by atoms with E-state index in [0.29, 0.717) is 37.6 Å². The molecule has 2 aromatic rings. The number of hydrogen-bond acceptors (Lipinski definition) is 4. The van der Waals surface area contributed by atoms with Gasteiger partial charge in [0.05, 0.1) is 13.2 Å². The molecule has 2 aromatic carbocycles. The number of amides is 1. The molecule has 26 heavy (non-hydrogen) atoms. The first-order valence-corrected chi connectivity index (χ1v) is 8.55. The zero-order chi connectivity index (χ0) is 18.4. The van der Waals surface area contributed by atoms with Crippen molar-refractivity contribution in [3.63, 3.8) is 0 Å². The van der Waals surface area contributed by atoms with E-state index in [-0.39, 0.29) is 11.9 Å². The second-order valence-corrected chi connectivity index (χ2v) is 6.10. The van der Waals surface area contributed by atoms with Gasteiger partial charge in [0.15, 0.2) is 5.78 Å². The van der Waals surface area contributed by atoms with Crippen LogP contribution in [0.4, 0.5) is 4.79 Å². The molecular formula is C21H21NO4. The molecule has 0 aliphatic carbocycles. The lowest BCUT2D eigenvalue weighted by molar-refractivity contribution is 0.0416. The van der Waals surface area contributed by atoms with Crippen LogP contribution in [0.25, 0.3) is 6.08 Å². The third-order valence-corrected chi connectivity index (χ3v) is 4.10. The zero-order valence-electron chi connectivity index (χ0n) is 14.7. The summed E-state index contributed by atoms with van der Waals surface area (Å²) in [6.45, 7) is 4.10. The maximum Gasteiger partial charge on any atom is 0.415 e.